The van der Waals surface area contributed by atoms with Gasteiger partial charge in [-0.15, -0.1) is 0 Å². The minimum atomic E-state index is -0.188. The van der Waals surface area contributed by atoms with Crippen LogP contribution in [-0.4, -0.2) is 42.2 Å². The van der Waals surface area contributed by atoms with E-state index in [-0.39, 0.29) is 25.1 Å². The van der Waals surface area contributed by atoms with Gasteiger partial charge < -0.3 is 16.2 Å². The first-order chi connectivity index (χ1) is 8.43. The van der Waals surface area contributed by atoms with Gasteiger partial charge in [-0.1, -0.05) is 11.6 Å². The Hall–Kier alpha value is -1.30. The smallest absolute Gasteiger partial charge is 0.238 e. The molecule has 6 heteroatoms. The van der Waals surface area contributed by atoms with Crippen LogP contribution in [-0.2, 0) is 4.79 Å². The van der Waals surface area contributed by atoms with Crippen LogP contribution in [0.5, 0.6) is 0 Å². The average Bonchev–Trinajstić information content (AvgIpc) is 2.31. The van der Waals surface area contributed by atoms with E-state index in [1.54, 1.807) is 30.1 Å². The molecule has 1 rings (SSSR count). The standard InChI is InChI=1S/C12H18ClN3O2/c1-8(7-17)16(2)6-12(18)15-11-4-3-9(13)5-10(11)14/h3-5,8,17H,6-7,14H2,1-2H3,(H,15,18). The number of aliphatic hydroxyl groups excluding tert-OH is 1. The number of likely N-dealkylation sites (N-methyl/N-ethyl adjacent to an activating group) is 1. The Balaban J connectivity index is 2.59. The minimum absolute atomic E-state index is 0.00681. The maximum Gasteiger partial charge on any atom is 0.238 e. The number of halogens is 1. The van der Waals surface area contributed by atoms with E-state index in [1.165, 1.54) is 0 Å². The maximum absolute atomic E-state index is 11.8. The molecule has 1 atom stereocenters. The fourth-order valence-electron chi connectivity index (χ4n) is 1.36. The van der Waals surface area contributed by atoms with E-state index < -0.39 is 0 Å². The lowest BCUT2D eigenvalue weighted by molar-refractivity contribution is -0.117. The average molecular weight is 272 g/mol. The number of amides is 1. The number of carbonyl (C=O) groups is 1. The van der Waals surface area contributed by atoms with E-state index in [0.717, 1.165) is 0 Å². The number of nitrogens with one attached hydrogen (secondary N) is 1. The van der Waals surface area contributed by atoms with E-state index in [2.05, 4.69) is 5.32 Å². The summed E-state index contributed by atoms with van der Waals surface area (Å²) in [6.45, 7) is 2.03. The number of aliphatic hydroxyl groups is 1. The van der Waals surface area contributed by atoms with Gasteiger partial charge in [0, 0.05) is 11.1 Å². The summed E-state index contributed by atoms with van der Waals surface area (Å²) in [5, 5.41) is 12.2. The second kappa shape index (κ2) is 6.58. The van der Waals surface area contributed by atoms with Crippen molar-refractivity contribution in [2.45, 2.75) is 13.0 Å². The quantitative estimate of drug-likeness (QED) is 0.703. The van der Waals surface area contributed by atoms with E-state index in [0.29, 0.717) is 16.4 Å². The van der Waals surface area contributed by atoms with E-state index in [9.17, 15) is 4.79 Å². The van der Waals surface area contributed by atoms with E-state index >= 15 is 0 Å². The molecule has 0 spiro atoms. The topological polar surface area (TPSA) is 78.6 Å². The Labute approximate surface area is 112 Å². The number of hydrogen-bond acceptors (Lipinski definition) is 4. The summed E-state index contributed by atoms with van der Waals surface area (Å²) < 4.78 is 0. The van der Waals surface area contributed by atoms with E-state index in [4.69, 9.17) is 22.4 Å². The number of nitrogens with zero attached hydrogens (tertiary/aromatic N) is 1. The fraction of sp³-hybridized carbons (Fsp3) is 0.417. The van der Waals surface area contributed by atoms with Crippen molar-refractivity contribution in [1.82, 2.24) is 4.90 Å². The first-order valence-electron chi connectivity index (χ1n) is 5.60. The fourth-order valence-corrected chi connectivity index (χ4v) is 1.54. The van der Waals surface area contributed by atoms with Crippen LogP contribution in [0.15, 0.2) is 18.2 Å². The highest BCUT2D eigenvalue weighted by molar-refractivity contribution is 6.31. The van der Waals surface area contributed by atoms with Gasteiger partial charge in [-0.05, 0) is 32.2 Å². The molecule has 0 bridgehead atoms. The second-order valence-corrected chi connectivity index (χ2v) is 4.66. The van der Waals surface area contributed by atoms with Crippen molar-refractivity contribution >= 4 is 28.9 Å². The van der Waals surface area contributed by atoms with E-state index in [1.807, 2.05) is 6.92 Å². The van der Waals surface area contributed by atoms with Crippen LogP contribution in [0.2, 0.25) is 5.02 Å². The molecule has 5 nitrogen and oxygen atoms in total. The Kier molecular flexibility index (Phi) is 5.40. The van der Waals surface area contributed by atoms with Gasteiger partial charge in [0.1, 0.15) is 0 Å². The third kappa shape index (κ3) is 4.18. The van der Waals surface area contributed by atoms with Gasteiger partial charge in [0.05, 0.1) is 24.5 Å². The number of nitrogen functional groups attached to an aromatic ring is 1. The number of rotatable bonds is 5. The second-order valence-electron chi connectivity index (χ2n) is 4.23. The van der Waals surface area contributed by atoms with Crippen LogP contribution < -0.4 is 11.1 Å². The van der Waals surface area contributed by atoms with Crippen LogP contribution >= 0.6 is 11.6 Å². The monoisotopic (exact) mass is 271 g/mol. The van der Waals surface area contributed by atoms with Crippen molar-refractivity contribution < 1.29 is 9.90 Å². The molecule has 0 saturated carbocycles. The number of anilines is 2. The van der Waals surface area contributed by atoms with Crippen molar-refractivity contribution in [2.75, 3.05) is 31.2 Å². The molecule has 1 aromatic carbocycles. The van der Waals surface area contributed by atoms with Crippen LogP contribution in [0.4, 0.5) is 11.4 Å². The molecule has 0 fully saturated rings. The van der Waals surface area contributed by atoms with Crippen LogP contribution in [0.25, 0.3) is 0 Å². The van der Waals surface area contributed by atoms with Gasteiger partial charge in [-0.3, -0.25) is 9.69 Å². The van der Waals surface area contributed by atoms with Crippen molar-refractivity contribution in [1.29, 1.82) is 0 Å². The van der Waals surface area contributed by atoms with Crippen molar-refractivity contribution in [2.24, 2.45) is 0 Å². The zero-order chi connectivity index (χ0) is 13.7. The van der Waals surface area contributed by atoms with Crippen molar-refractivity contribution in [3.63, 3.8) is 0 Å². The van der Waals surface area contributed by atoms with Crippen molar-refractivity contribution in [3.05, 3.63) is 23.2 Å². The van der Waals surface area contributed by atoms with Crippen molar-refractivity contribution in [3.8, 4) is 0 Å². The molecule has 4 N–H and O–H groups in total. The molecule has 1 unspecified atom stereocenters. The molecule has 1 aromatic rings. The number of carbonyl (C=O) groups excluding carboxylic acids is 1. The molecule has 0 heterocycles. The molecule has 100 valence electrons. The number of nitrogens with two attached hydrogens (primary N) is 1. The highest BCUT2D eigenvalue weighted by Crippen LogP contribution is 2.22. The Morgan fingerprint density at radius 1 is 1.61 bits per heavy atom. The summed E-state index contributed by atoms with van der Waals surface area (Å²) in [5.41, 5.74) is 6.69. The molecular formula is C12H18ClN3O2. The SMILES string of the molecule is CC(CO)N(C)CC(=O)Nc1ccc(Cl)cc1N. The Morgan fingerprint density at radius 2 is 2.28 bits per heavy atom. The number of hydrogen-bond donors (Lipinski definition) is 3. The normalized spacial score (nSPS) is 12.5. The predicted molar refractivity (Wildman–Crippen MR) is 73.7 cm³/mol. The van der Waals surface area contributed by atoms with Crippen LogP contribution in [0.3, 0.4) is 0 Å². The lowest BCUT2D eigenvalue weighted by atomic mass is 10.2. The predicted octanol–water partition coefficient (Wildman–Crippen LogP) is 1.17. The summed E-state index contributed by atoms with van der Waals surface area (Å²) in [5.74, 6) is -0.188. The summed E-state index contributed by atoms with van der Waals surface area (Å²) >= 11 is 5.77. The zero-order valence-electron chi connectivity index (χ0n) is 10.5. The van der Waals surface area contributed by atoms with Gasteiger partial charge >= 0.3 is 0 Å². The van der Waals surface area contributed by atoms with Gasteiger partial charge in [-0.25, -0.2) is 0 Å². The summed E-state index contributed by atoms with van der Waals surface area (Å²) in [6.07, 6.45) is 0. The molecule has 1 amide bonds. The Bertz CT molecular complexity index is 426. The maximum atomic E-state index is 11.8. The third-order valence-electron chi connectivity index (χ3n) is 2.70. The number of benzene rings is 1. The third-order valence-corrected chi connectivity index (χ3v) is 2.93. The van der Waals surface area contributed by atoms with Crippen LogP contribution in [0.1, 0.15) is 6.92 Å². The minimum Gasteiger partial charge on any atom is -0.397 e. The summed E-state index contributed by atoms with van der Waals surface area (Å²) in [6, 6.07) is 4.83. The molecule has 0 aliphatic carbocycles. The molecule has 0 radical (unpaired) electrons. The molecule has 0 saturated heterocycles. The first kappa shape index (κ1) is 14.8. The van der Waals surface area contributed by atoms with Gasteiger partial charge in [0.2, 0.25) is 5.91 Å². The van der Waals surface area contributed by atoms with Gasteiger partial charge in [0.15, 0.2) is 0 Å². The Morgan fingerprint density at radius 3 is 2.83 bits per heavy atom. The molecular weight excluding hydrogens is 254 g/mol. The molecule has 0 aliphatic rings. The highest BCUT2D eigenvalue weighted by atomic mass is 35.5. The lowest BCUT2D eigenvalue weighted by Gasteiger charge is -2.22. The summed E-state index contributed by atoms with van der Waals surface area (Å²) in [7, 11) is 1.77. The molecule has 0 aromatic heterocycles. The van der Waals surface area contributed by atoms with Gasteiger partial charge in [0.25, 0.3) is 0 Å². The van der Waals surface area contributed by atoms with Crippen LogP contribution in [0, 0.1) is 0 Å². The molecule has 0 aliphatic heterocycles. The highest BCUT2D eigenvalue weighted by Gasteiger charge is 2.13. The van der Waals surface area contributed by atoms with Gasteiger partial charge in [-0.2, -0.15) is 0 Å². The largest absolute Gasteiger partial charge is 0.397 e. The first-order valence-corrected chi connectivity index (χ1v) is 5.97. The zero-order valence-corrected chi connectivity index (χ0v) is 11.2. The molecule has 18 heavy (non-hydrogen) atoms. The summed E-state index contributed by atoms with van der Waals surface area (Å²) in [4.78, 5) is 13.5. The lowest BCUT2D eigenvalue weighted by Crippen LogP contribution is -2.38.